The summed E-state index contributed by atoms with van der Waals surface area (Å²) in [4.78, 5) is 12.5. The summed E-state index contributed by atoms with van der Waals surface area (Å²) in [6.45, 7) is 2.92. The summed E-state index contributed by atoms with van der Waals surface area (Å²) in [6.07, 6.45) is 3.00. The number of carbonyl (C=O) groups is 1. The van der Waals surface area contributed by atoms with Gasteiger partial charge in [-0.2, -0.15) is 0 Å². The Morgan fingerprint density at radius 1 is 1.33 bits per heavy atom. The Morgan fingerprint density at radius 3 is 2.58 bits per heavy atom. The quantitative estimate of drug-likeness (QED) is 0.780. The van der Waals surface area contributed by atoms with Crippen LogP contribution < -0.4 is 10.6 Å². The molecule has 8 heteroatoms. The van der Waals surface area contributed by atoms with E-state index >= 15 is 0 Å². The predicted octanol–water partition coefficient (Wildman–Crippen LogP) is 1.26. The van der Waals surface area contributed by atoms with Crippen molar-refractivity contribution in [2.75, 3.05) is 39.6 Å². The van der Waals surface area contributed by atoms with E-state index in [9.17, 15) is 13.2 Å². The Balaban J connectivity index is 0.00000288. The number of hydrogen-bond acceptors (Lipinski definition) is 5. The highest BCUT2D eigenvalue weighted by Crippen LogP contribution is 2.28. The maximum Gasteiger partial charge on any atom is 0.251 e. The van der Waals surface area contributed by atoms with Gasteiger partial charge in [0.25, 0.3) is 5.91 Å². The molecular weight excluding hydrogens is 352 g/mol. The number of benzene rings is 1. The van der Waals surface area contributed by atoms with Gasteiger partial charge in [-0.3, -0.25) is 4.79 Å². The molecule has 0 unspecified atom stereocenters. The zero-order chi connectivity index (χ0) is 16.9. The van der Waals surface area contributed by atoms with E-state index in [2.05, 4.69) is 10.6 Å². The number of sulfone groups is 1. The van der Waals surface area contributed by atoms with Crippen LogP contribution in [0.5, 0.6) is 0 Å². The molecule has 1 amide bonds. The largest absolute Gasteiger partial charge is 0.384 e. The van der Waals surface area contributed by atoms with Crippen LogP contribution in [0.4, 0.5) is 0 Å². The fourth-order valence-corrected chi connectivity index (χ4v) is 3.54. The lowest BCUT2D eigenvalue weighted by molar-refractivity contribution is 0.0511. The predicted molar refractivity (Wildman–Crippen MR) is 95.5 cm³/mol. The highest BCUT2D eigenvalue weighted by Gasteiger charge is 2.32. The molecule has 0 atom stereocenters. The number of nitrogens with one attached hydrogen (secondary N) is 2. The number of carbonyl (C=O) groups excluding carboxylic acids is 1. The minimum absolute atomic E-state index is 0. The molecular formula is C16H25ClN2O4S. The summed E-state index contributed by atoms with van der Waals surface area (Å²) < 4.78 is 28.5. The zero-order valence-electron chi connectivity index (χ0n) is 14.0. The molecule has 2 rings (SSSR count). The number of ether oxygens (including phenoxy) is 1. The van der Waals surface area contributed by atoms with Crippen LogP contribution in [0.2, 0.25) is 0 Å². The van der Waals surface area contributed by atoms with Crippen molar-refractivity contribution in [3.8, 4) is 0 Å². The smallest absolute Gasteiger partial charge is 0.251 e. The second-order valence-corrected chi connectivity index (χ2v) is 8.18. The second-order valence-electron chi connectivity index (χ2n) is 6.17. The van der Waals surface area contributed by atoms with Crippen molar-refractivity contribution in [2.24, 2.45) is 5.41 Å². The molecule has 2 N–H and O–H groups in total. The molecule has 1 aromatic carbocycles. The Bertz CT molecular complexity index is 652. The maximum atomic E-state index is 12.4. The van der Waals surface area contributed by atoms with E-state index in [1.165, 1.54) is 12.1 Å². The Hall–Kier alpha value is -1.15. The summed E-state index contributed by atoms with van der Waals surface area (Å²) in [5.74, 6) is -0.260. The van der Waals surface area contributed by atoms with Crippen LogP contribution in [0.25, 0.3) is 0 Å². The summed E-state index contributed by atoms with van der Waals surface area (Å²) in [6, 6.07) is 6.11. The van der Waals surface area contributed by atoms with Gasteiger partial charge in [0.15, 0.2) is 9.84 Å². The first kappa shape index (κ1) is 20.9. The van der Waals surface area contributed by atoms with Gasteiger partial charge >= 0.3 is 0 Å². The van der Waals surface area contributed by atoms with Crippen LogP contribution in [0.1, 0.15) is 23.2 Å². The van der Waals surface area contributed by atoms with E-state index in [1.807, 2.05) is 0 Å². The van der Waals surface area contributed by atoms with E-state index in [0.717, 1.165) is 32.2 Å². The molecule has 24 heavy (non-hydrogen) atoms. The topological polar surface area (TPSA) is 84.5 Å². The van der Waals surface area contributed by atoms with Gasteiger partial charge < -0.3 is 15.4 Å². The minimum Gasteiger partial charge on any atom is -0.384 e. The van der Waals surface area contributed by atoms with Gasteiger partial charge in [-0.05, 0) is 44.1 Å². The molecule has 1 aromatic rings. The van der Waals surface area contributed by atoms with Crippen LogP contribution in [-0.2, 0) is 14.6 Å². The van der Waals surface area contributed by atoms with Crippen LogP contribution in [0.15, 0.2) is 29.2 Å². The molecule has 0 spiro atoms. The molecule has 6 nitrogen and oxygen atoms in total. The molecule has 136 valence electrons. The first-order valence-electron chi connectivity index (χ1n) is 7.64. The lowest BCUT2D eigenvalue weighted by atomic mass is 9.79. The number of hydrogen-bond donors (Lipinski definition) is 2. The average molecular weight is 377 g/mol. The normalized spacial score (nSPS) is 16.9. The molecule has 1 heterocycles. The van der Waals surface area contributed by atoms with Gasteiger partial charge in [-0.15, -0.1) is 12.4 Å². The first-order chi connectivity index (χ1) is 10.9. The number of piperidine rings is 1. The van der Waals surface area contributed by atoms with E-state index in [4.69, 9.17) is 4.74 Å². The summed E-state index contributed by atoms with van der Waals surface area (Å²) >= 11 is 0. The lowest BCUT2D eigenvalue weighted by Crippen LogP contribution is -2.47. The van der Waals surface area contributed by atoms with E-state index in [0.29, 0.717) is 18.7 Å². The fourth-order valence-electron chi connectivity index (χ4n) is 2.87. The van der Waals surface area contributed by atoms with Crippen molar-refractivity contribution in [3.05, 3.63) is 29.8 Å². The van der Waals surface area contributed by atoms with Gasteiger partial charge in [-0.1, -0.05) is 6.07 Å². The Morgan fingerprint density at radius 2 is 2.00 bits per heavy atom. The standard InChI is InChI=1S/C16H24N2O4S.ClH/c1-22-12-16(6-8-17-9-7-16)11-18-15(19)13-4-3-5-14(10-13)23(2,20)21;/h3-5,10,17H,6-9,11-12H2,1-2H3,(H,18,19);1H. The molecule has 0 bridgehead atoms. The van der Waals surface area contributed by atoms with Crippen LogP contribution in [0, 0.1) is 5.41 Å². The Labute approximate surface area is 149 Å². The summed E-state index contributed by atoms with van der Waals surface area (Å²) in [5.41, 5.74) is 0.291. The molecule has 1 aliphatic heterocycles. The molecule has 0 radical (unpaired) electrons. The van der Waals surface area contributed by atoms with Crippen molar-refractivity contribution in [3.63, 3.8) is 0 Å². The number of halogens is 1. The van der Waals surface area contributed by atoms with Crippen LogP contribution in [-0.4, -0.2) is 53.9 Å². The third-order valence-corrected chi connectivity index (χ3v) is 5.37. The van der Waals surface area contributed by atoms with Crippen molar-refractivity contribution in [1.82, 2.24) is 10.6 Å². The highest BCUT2D eigenvalue weighted by atomic mass is 35.5. The fraction of sp³-hybridized carbons (Fsp3) is 0.562. The van der Waals surface area contributed by atoms with Gasteiger partial charge in [0, 0.05) is 30.9 Å². The molecule has 0 aromatic heterocycles. The van der Waals surface area contributed by atoms with Crippen molar-refractivity contribution >= 4 is 28.2 Å². The molecule has 1 fully saturated rings. The van der Waals surface area contributed by atoms with Crippen molar-refractivity contribution in [2.45, 2.75) is 17.7 Å². The zero-order valence-corrected chi connectivity index (χ0v) is 15.6. The van der Waals surface area contributed by atoms with Gasteiger partial charge in [-0.25, -0.2) is 8.42 Å². The third kappa shape index (κ3) is 5.44. The summed E-state index contributed by atoms with van der Waals surface area (Å²) in [7, 11) is -1.66. The number of amides is 1. The molecule has 0 saturated carbocycles. The number of methoxy groups -OCH3 is 1. The monoisotopic (exact) mass is 376 g/mol. The molecule has 0 aliphatic carbocycles. The van der Waals surface area contributed by atoms with Gasteiger partial charge in [0.2, 0.25) is 0 Å². The van der Waals surface area contributed by atoms with Crippen molar-refractivity contribution < 1.29 is 17.9 Å². The van der Waals surface area contributed by atoms with Gasteiger partial charge in [0.05, 0.1) is 11.5 Å². The molecule has 1 saturated heterocycles. The van der Waals surface area contributed by atoms with Crippen LogP contribution in [0.3, 0.4) is 0 Å². The molecule has 1 aliphatic rings. The third-order valence-electron chi connectivity index (χ3n) is 4.26. The minimum atomic E-state index is -3.32. The average Bonchev–Trinajstić information content (AvgIpc) is 2.53. The second kappa shape index (κ2) is 8.80. The highest BCUT2D eigenvalue weighted by molar-refractivity contribution is 7.90. The van der Waals surface area contributed by atoms with Crippen LogP contribution >= 0.6 is 12.4 Å². The van der Waals surface area contributed by atoms with E-state index < -0.39 is 9.84 Å². The van der Waals surface area contributed by atoms with E-state index in [-0.39, 0.29) is 28.6 Å². The number of rotatable bonds is 6. The first-order valence-corrected chi connectivity index (χ1v) is 9.53. The van der Waals surface area contributed by atoms with Crippen molar-refractivity contribution in [1.29, 1.82) is 0 Å². The van der Waals surface area contributed by atoms with E-state index in [1.54, 1.807) is 19.2 Å². The maximum absolute atomic E-state index is 12.4. The SMILES string of the molecule is COCC1(CNC(=O)c2cccc(S(C)(=O)=O)c2)CCNCC1.Cl. The van der Waals surface area contributed by atoms with Gasteiger partial charge in [0.1, 0.15) is 0 Å². The lowest BCUT2D eigenvalue weighted by Gasteiger charge is -2.37. The Kier molecular flexibility index (Phi) is 7.66. The summed E-state index contributed by atoms with van der Waals surface area (Å²) in [5, 5.41) is 6.24.